The van der Waals surface area contributed by atoms with Gasteiger partial charge in [-0.1, -0.05) is 74.0 Å². The number of aryl methyl sites for hydroxylation is 1. The molecule has 2 aromatic carbocycles. The fourth-order valence-corrected chi connectivity index (χ4v) is 2.52. The molecule has 1 amide bonds. The van der Waals surface area contributed by atoms with Crippen LogP contribution in [-0.2, 0) is 10.2 Å². The van der Waals surface area contributed by atoms with E-state index >= 15 is 0 Å². The van der Waals surface area contributed by atoms with Crippen LogP contribution in [0.15, 0.2) is 54.6 Å². The number of benzene rings is 2. The van der Waals surface area contributed by atoms with Gasteiger partial charge in [-0.05, 0) is 18.1 Å². The normalized spacial score (nSPS) is 12.7. The molecule has 0 aromatic heterocycles. The zero-order valence-corrected chi connectivity index (χ0v) is 14.2. The number of hydrogen-bond donors (Lipinski definition) is 2. The molecule has 0 aliphatic heterocycles. The number of amides is 1. The first-order valence-corrected chi connectivity index (χ1v) is 8.03. The van der Waals surface area contributed by atoms with Crippen molar-refractivity contribution in [3.05, 3.63) is 71.3 Å². The molecule has 3 heteroatoms. The van der Waals surface area contributed by atoms with Crippen LogP contribution in [0.25, 0.3) is 0 Å². The minimum atomic E-state index is -0.265. The van der Waals surface area contributed by atoms with Gasteiger partial charge in [0.05, 0.1) is 0 Å². The van der Waals surface area contributed by atoms with Crippen LogP contribution in [-0.4, -0.2) is 12.5 Å². The second-order valence-electron chi connectivity index (χ2n) is 6.75. The third kappa shape index (κ3) is 4.93. The molecule has 0 spiro atoms. The predicted molar refractivity (Wildman–Crippen MR) is 95.2 cm³/mol. The van der Waals surface area contributed by atoms with Crippen LogP contribution in [0.3, 0.4) is 0 Å². The van der Waals surface area contributed by atoms with Crippen LogP contribution in [0.4, 0.5) is 0 Å². The van der Waals surface area contributed by atoms with Crippen LogP contribution in [0.2, 0.25) is 0 Å². The van der Waals surface area contributed by atoms with E-state index in [0.717, 1.165) is 5.56 Å². The summed E-state index contributed by atoms with van der Waals surface area (Å²) in [4.78, 5) is 12.2. The van der Waals surface area contributed by atoms with E-state index in [1.807, 2.05) is 30.3 Å². The molecule has 0 radical (unpaired) electrons. The standard InChI is InChI=1S/C20H26N2O/c1-15-9-11-17(12-10-15)20(2,3)14-22-19(23)13-18(21)16-7-5-4-6-8-16/h4-12,18H,13-14,21H2,1-3H3,(H,22,23). The lowest BCUT2D eigenvalue weighted by Crippen LogP contribution is -2.37. The maximum absolute atomic E-state index is 12.2. The molecular formula is C20H26N2O. The molecule has 3 N–H and O–H groups in total. The van der Waals surface area contributed by atoms with Gasteiger partial charge >= 0.3 is 0 Å². The number of carbonyl (C=O) groups excluding carboxylic acids is 1. The third-order valence-electron chi connectivity index (χ3n) is 4.19. The highest BCUT2D eigenvalue weighted by atomic mass is 16.1. The van der Waals surface area contributed by atoms with E-state index in [1.165, 1.54) is 11.1 Å². The van der Waals surface area contributed by atoms with E-state index in [0.29, 0.717) is 13.0 Å². The van der Waals surface area contributed by atoms with Gasteiger partial charge in [0, 0.05) is 24.4 Å². The Bertz CT molecular complexity index is 632. The SMILES string of the molecule is Cc1ccc(C(C)(C)CNC(=O)CC(N)c2ccccc2)cc1. The van der Waals surface area contributed by atoms with Crippen LogP contribution in [0, 0.1) is 6.92 Å². The molecule has 0 aliphatic carbocycles. The summed E-state index contributed by atoms with van der Waals surface area (Å²) in [5, 5.41) is 3.02. The number of rotatable bonds is 6. The van der Waals surface area contributed by atoms with Gasteiger partial charge in [0.15, 0.2) is 0 Å². The first-order valence-electron chi connectivity index (χ1n) is 8.03. The van der Waals surface area contributed by atoms with Gasteiger partial charge < -0.3 is 11.1 Å². The predicted octanol–water partition coefficient (Wildman–Crippen LogP) is 3.48. The van der Waals surface area contributed by atoms with Gasteiger partial charge in [-0.15, -0.1) is 0 Å². The summed E-state index contributed by atoms with van der Waals surface area (Å²) in [7, 11) is 0. The van der Waals surface area contributed by atoms with Gasteiger partial charge in [-0.2, -0.15) is 0 Å². The van der Waals surface area contributed by atoms with E-state index in [1.54, 1.807) is 0 Å². The van der Waals surface area contributed by atoms with Gasteiger partial charge in [0.25, 0.3) is 0 Å². The molecule has 122 valence electrons. The summed E-state index contributed by atoms with van der Waals surface area (Å²) in [5.74, 6) is -0.0125. The summed E-state index contributed by atoms with van der Waals surface area (Å²) in [6.07, 6.45) is 0.300. The first-order chi connectivity index (χ1) is 10.9. The Morgan fingerprint density at radius 3 is 2.30 bits per heavy atom. The summed E-state index contributed by atoms with van der Waals surface area (Å²) < 4.78 is 0. The van der Waals surface area contributed by atoms with Crippen molar-refractivity contribution in [2.75, 3.05) is 6.54 Å². The van der Waals surface area contributed by atoms with E-state index in [9.17, 15) is 4.79 Å². The van der Waals surface area contributed by atoms with Gasteiger partial charge in [0.1, 0.15) is 0 Å². The number of hydrogen-bond acceptors (Lipinski definition) is 2. The molecule has 0 heterocycles. The van der Waals surface area contributed by atoms with E-state index in [2.05, 4.69) is 50.4 Å². The van der Waals surface area contributed by atoms with E-state index < -0.39 is 0 Å². The Balaban J connectivity index is 1.89. The van der Waals surface area contributed by atoms with Crippen molar-refractivity contribution in [3.8, 4) is 0 Å². The number of nitrogens with one attached hydrogen (secondary N) is 1. The van der Waals surface area contributed by atoms with Crippen molar-refractivity contribution in [2.45, 2.75) is 38.6 Å². The monoisotopic (exact) mass is 310 g/mol. The lowest BCUT2D eigenvalue weighted by Gasteiger charge is -2.26. The molecule has 1 unspecified atom stereocenters. The average Bonchev–Trinajstić information content (AvgIpc) is 2.54. The molecule has 23 heavy (non-hydrogen) atoms. The van der Waals surface area contributed by atoms with Gasteiger partial charge in [0.2, 0.25) is 5.91 Å². The molecule has 0 saturated carbocycles. The summed E-state index contributed by atoms with van der Waals surface area (Å²) in [6.45, 7) is 6.93. The van der Waals surface area contributed by atoms with E-state index in [-0.39, 0.29) is 17.4 Å². The maximum Gasteiger partial charge on any atom is 0.221 e. The fourth-order valence-electron chi connectivity index (χ4n) is 2.52. The van der Waals surface area contributed by atoms with Crippen molar-refractivity contribution in [1.82, 2.24) is 5.32 Å². The third-order valence-corrected chi connectivity index (χ3v) is 4.19. The summed E-state index contributed by atoms with van der Waals surface area (Å²) in [5.41, 5.74) is 9.43. The van der Waals surface area contributed by atoms with Crippen molar-refractivity contribution in [2.24, 2.45) is 5.73 Å². The zero-order chi connectivity index (χ0) is 16.9. The average molecular weight is 310 g/mol. The van der Waals surface area contributed by atoms with Crippen molar-refractivity contribution in [1.29, 1.82) is 0 Å². The molecular weight excluding hydrogens is 284 g/mol. The quantitative estimate of drug-likeness (QED) is 0.858. The van der Waals surface area contributed by atoms with Crippen molar-refractivity contribution < 1.29 is 4.79 Å². The second-order valence-corrected chi connectivity index (χ2v) is 6.75. The highest BCUT2D eigenvalue weighted by Gasteiger charge is 2.22. The summed E-state index contributed by atoms with van der Waals surface area (Å²) >= 11 is 0. The molecule has 2 aromatic rings. The molecule has 2 rings (SSSR count). The topological polar surface area (TPSA) is 55.1 Å². The lowest BCUT2D eigenvalue weighted by molar-refractivity contribution is -0.121. The fraction of sp³-hybridized carbons (Fsp3) is 0.350. The second kappa shape index (κ2) is 7.42. The Labute approximate surface area is 138 Å². The molecule has 1 atom stereocenters. The Hall–Kier alpha value is -2.13. The molecule has 3 nitrogen and oxygen atoms in total. The lowest BCUT2D eigenvalue weighted by atomic mass is 9.84. The number of nitrogens with two attached hydrogens (primary N) is 1. The Morgan fingerprint density at radius 1 is 1.09 bits per heavy atom. The van der Waals surface area contributed by atoms with Gasteiger partial charge in [-0.3, -0.25) is 4.79 Å². The van der Waals surface area contributed by atoms with Crippen LogP contribution >= 0.6 is 0 Å². The van der Waals surface area contributed by atoms with Crippen LogP contribution in [0.5, 0.6) is 0 Å². The van der Waals surface area contributed by atoms with Crippen molar-refractivity contribution >= 4 is 5.91 Å². The smallest absolute Gasteiger partial charge is 0.221 e. The largest absolute Gasteiger partial charge is 0.355 e. The molecule has 0 fully saturated rings. The van der Waals surface area contributed by atoms with Crippen molar-refractivity contribution in [3.63, 3.8) is 0 Å². The summed E-state index contributed by atoms with van der Waals surface area (Å²) in [6, 6.07) is 17.9. The molecule has 0 bridgehead atoms. The molecule has 0 saturated heterocycles. The number of carbonyl (C=O) groups is 1. The minimum Gasteiger partial charge on any atom is -0.355 e. The zero-order valence-electron chi connectivity index (χ0n) is 14.2. The first kappa shape index (κ1) is 17.2. The maximum atomic E-state index is 12.2. The van der Waals surface area contributed by atoms with Crippen LogP contribution < -0.4 is 11.1 Å². The molecule has 0 aliphatic rings. The van der Waals surface area contributed by atoms with E-state index in [4.69, 9.17) is 5.73 Å². The minimum absolute atomic E-state index is 0.0125. The van der Waals surface area contributed by atoms with Gasteiger partial charge in [-0.25, -0.2) is 0 Å². The van der Waals surface area contributed by atoms with Crippen LogP contribution in [0.1, 0.15) is 43.0 Å². The highest BCUT2D eigenvalue weighted by molar-refractivity contribution is 5.76. The highest BCUT2D eigenvalue weighted by Crippen LogP contribution is 2.22. The Morgan fingerprint density at radius 2 is 1.70 bits per heavy atom. The Kier molecular flexibility index (Phi) is 5.56.